The fourth-order valence-corrected chi connectivity index (χ4v) is 3.08. The maximum absolute atomic E-state index is 12.5. The highest BCUT2D eigenvalue weighted by Crippen LogP contribution is 2.27. The van der Waals surface area contributed by atoms with Gasteiger partial charge in [-0.1, -0.05) is 53.7 Å². The van der Waals surface area contributed by atoms with Crippen LogP contribution in [0.5, 0.6) is 0 Å². The summed E-state index contributed by atoms with van der Waals surface area (Å²) in [6.45, 7) is 0. The molecule has 0 aliphatic rings. The molecule has 0 bridgehead atoms. The number of aromatic nitrogens is 2. The number of halogens is 3. The van der Waals surface area contributed by atoms with Crippen LogP contribution in [-0.2, 0) is 16.2 Å². The summed E-state index contributed by atoms with van der Waals surface area (Å²) >= 11 is 0. The lowest BCUT2D eigenvalue weighted by molar-refractivity contribution is -0.159. The molecule has 150 valence electrons. The van der Waals surface area contributed by atoms with Crippen molar-refractivity contribution in [3.63, 3.8) is 0 Å². The van der Waals surface area contributed by atoms with Gasteiger partial charge in [0.25, 0.3) is 10.0 Å². The van der Waals surface area contributed by atoms with E-state index in [1.807, 2.05) is 6.07 Å². The van der Waals surface area contributed by atoms with Crippen molar-refractivity contribution in [2.45, 2.75) is 6.18 Å². The van der Waals surface area contributed by atoms with Crippen molar-refractivity contribution in [2.24, 2.45) is 0 Å². The Kier molecular flexibility index (Phi) is 5.83. The molecular weight excluding hydrogens is 407 g/mol. The lowest BCUT2D eigenvalue weighted by Gasteiger charge is -2.05. The second-order valence-corrected chi connectivity index (χ2v) is 7.34. The van der Waals surface area contributed by atoms with E-state index in [4.69, 9.17) is 0 Å². The molecule has 0 saturated heterocycles. The Balaban J connectivity index is 1.70. The normalized spacial score (nSPS) is 12.7. The highest BCUT2D eigenvalue weighted by molar-refractivity contribution is 7.95. The fourth-order valence-electron chi connectivity index (χ4n) is 2.22. The molecule has 0 unspecified atom stereocenters. The van der Waals surface area contributed by atoms with Gasteiger partial charge in [0.15, 0.2) is 5.82 Å². The number of benzene rings is 2. The molecule has 0 radical (unpaired) electrons. The molecule has 0 amide bonds. The third-order valence-corrected chi connectivity index (χ3v) is 4.51. The summed E-state index contributed by atoms with van der Waals surface area (Å²) in [5.41, 5.74) is 1.54. The zero-order valence-corrected chi connectivity index (χ0v) is 15.5. The Morgan fingerprint density at radius 2 is 1.66 bits per heavy atom. The van der Waals surface area contributed by atoms with Gasteiger partial charge in [0.05, 0.1) is 5.41 Å². The van der Waals surface area contributed by atoms with Crippen LogP contribution in [0.4, 0.5) is 18.9 Å². The third-order valence-electron chi connectivity index (χ3n) is 3.50. The second-order valence-electron chi connectivity index (χ2n) is 5.77. The molecule has 6 nitrogen and oxygen atoms in total. The standard InChI is InChI=1S/C19H14F3N3O3S/c20-19(21,22)18-23-17(24-28-18)10-9-15-7-4-8-16(13-15)25-29(26,27)12-11-14-5-2-1-3-6-14/h1-13,25H/b10-9+,12-11+. The number of nitrogens with one attached hydrogen (secondary N) is 1. The molecule has 0 atom stereocenters. The Bertz CT molecular complexity index is 1140. The highest BCUT2D eigenvalue weighted by Gasteiger charge is 2.38. The second kappa shape index (κ2) is 8.31. The van der Waals surface area contributed by atoms with E-state index in [1.165, 1.54) is 24.3 Å². The minimum absolute atomic E-state index is 0.255. The minimum atomic E-state index is -4.72. The van der Waals surface area contributed by atoms with Crippen molar-refractivity contribution in [3.05, 3.63) is 82.8 Å². The van der Waals surface area contributed by atoms with Crippen LogP contribution in [0.3, 0.4) is 0 Å². The summed E-state index contributed by atoms with van der Waals surface area (Å²) in [5, 5.41) is 4.26. The Morgan fingerprint density at radius 1 is 0.931 bits per heavy atom. The van der Waals surface area contributed by atoms with Crippen molar-refractivity contribution < 1.29 is 26.1 Å². The average Bonchev–Trinajstić information content (AvgIpc) is 3.15. The summed E-state index contributed by atoms with van der Waals surface area (Å²) in [5.74, 6) is -1.70. The monoisotopic (exact) mass is 421 g/mol. The molecule has 0 saturated carbocycles. The summed E-state index contributed by atoms with van der Waals surface area (Å²) in [4.78, 5) is 3.22. The van der Waals surface area contributed by atoms with Crippen LogP contribution in [0.1, 0.15) is 22.8 Å². The molecular formula is C19H14F3N3O3S. The van der Waals surface area contributed by atoms with Crippen LogP contribution in [0.15, 0.2) is 64.5 Å². The van der Waals surface area contributed by atoms with Gasteiger partial charge in [0.1, 0.15) is 0 Å². The van der Waals surface area contributed by atoms with E-state index in [2.05, 4.69) is 19.4 Å². The predicted octanol–water partition coefficient (Wildman–Crippen LogP) is 4.67. The largest absolute Gasteiger partial charge is 0.471 e. The number of hydrogen-bond donors (Lipinski definition) is 1. The topological polar surface area (TPSA) is 85.1 Å². The molecule has 2 aromatic carbocycles. The number of nitrogens with zero attached hydrogens (tertiary/aromatic N) is 2. The molecule has 29 heavy (non-hydrogen) atoms. The summed E-state index contributed by atoms with van der Waals surface area (Å²) < 4.78 is 68.3. The first kappa shape index (κ1) is 20.3. The first-order valence-corrected chi connectivity index (χ1v) is 9.71. The Labute approximate surface area is 164 Å². The van der Waals surface area contributed by atoms with E-state index in [0.29, 0.717) is 5.56 Å². The van der Waals surface area contributed by atoms with Crippen molar-refractivity contribution in [2.75, 3.05) is 4.72 Å². The van der Waals surface area contributed by atoms with Crippen molar-refractivity contribution >= 4 is 33.9 Å². The molecule has 3 rings (SSSR count). The molecule has 0 fully saturated rings. The Hall–Kier alpha value is -3.40. The highest BCUT2D eigenvalue weighted by atomic mass is 32.2. The number of rotatable bonds is 6. The van der Waals surface area contributed by atoms with Gasteiger partial charge in [-0.2, -0.15) is 18.2 Å². The maximum Gasteiger partial charge on any atom is 0.471 e. The fraction of sp³-hybridized carbons (Fsp3) is 0.0526. The van der Waals surface area contributed by atoms with Gasteiger partial charge in [0, 0.05) is 5.69 Å². The van der Waals surface area contributed by atoms with Crippen LogP contribution >= 0.6 is 0 Å². The van der Waals surface area contributed by atoms with Gasteiger partial charge in [-0.05, 0) is 35.4 Å². The quantitative estimate of drug-likeness (QED) is 0.625. The van der Waals surface area contributed by atoms with Crippen LogP contribution in [0.25, 0.3) is 18.2 Å². The summed E-state index contributed by atoms with van der Waals surface area (Å²) in [7, 11) is -3.75. The molecule has 0 aliphatic heterocycles. The first-order valence-electron chi connectivity index (χ1n) is 8.16. The maximum atomic E-state index is 12.5. The lowest BCUT2D eigenvalue weighted by Crippen LogP contribution is -2.08. The molecule has 1 heterocycles. The molecule has 3 aromatic rings. The van der Waals surface area contributed by atoms with Gasteiger partial charge in [0.2, 0.25) is 0 Å². The van der Waals surface area contributed by atoms with Crippen LogP contribution in [0.2, 0.25) is 0 Å². The molecule has 1 aromatic heterocycles. The lowest BCUT2D eigenvalue weighted by atomic mass is 10.2. The van der Waals surface area contributed by atoms with Crippen LogP contribution in [-0.4, -0.2) is 18.6 Å². The van der Waals surface area contributed by atoms with Gasteiger partial charge >= 0.3 is 12.1 Å². The SMILES string of the molecule is O=S(=O)(/C=C/c1ccccc1)Nc1cccc(/C=C/c2noc(C(F)(F)F)n2)c1. The number of alkyl halides is 3. The van der Waals surface area contributed by atoms with Gasteiger partial charge < -0.3 is 4.52 Å². The zero-order valence-electron chi connectivity index (χ0n) is 14.7. The smallest absolute Gasteiger partial charge is 0.329 e. The molecule has 0 aliphatic carbocycles. The summed E-state index contributed by atoms with van der Waals surface area (Å²) in [6.07, 6.45) is -0.602. The van der Waals surface area contributed by atoms with E-state index in [9.17, 15) is 21.6 Å². The van der Waals surface area contributed by atoms with Crippen LogP contribution < -0.4 is 4.72 Å². The van der Waals surface area contributed by atoms with E-state index < -0.39 is 22.1 Å². The molecule has 10 heteroatoms. The van der Waals surface area contributed by atoms with Crippen molar-refractivity contribution in [1.82, 2.24) is 10.1 Å². The van der Waals surface area contributed by atoms with Gasteiger partial charge in [-0.15, -0.1) is 0 Å². The van der Waals surface area contributed by atoms with Crippen LogP contribution in [0, 0.1) is 0 Å². The van der Waals surface area contributed by atoms with Crippen molar-refractivity contribution in [3.8, 4) is 0 Å². The summed E-state index contributed by atoms with van der Waals surface area (Å²) in [6, 6.07) is 15.2. The van der Waals surface area contributed by atoms with Gasteiger partial charge in [-0.25, -0.2) is 8.42 Å². The van der Waals surface area contributed by atoms with E-state index >= 15 is 0 Å². The van der Waals surface area contributed by atoms with Gasteiger partial charge in [-0.3, -0.25) is 4.72 Å². The zero-order chi connectivity index (χ0) is 20.9. The minimum Gasteiger partial charge on any atom is -0.329 e. The molecule has 0 spiro atoms. The van der Waals surface area contributed by atoms with Crippen molar-refractivity contribution in [1.29, 1.82) is 0 Å². The Morgan fingerprint density at radius 3 is 2.34 bits per heavy atom. The number of hydrogen-bond acceptors (Lipinski definition) is 5. The van der Waals surface area contributed by atoms with E-state index in [1.54, 1.807) is 42.5 Å². The predicted molar refractivity (Wildman–Crippen MR) is 103 cm³/mol. The van der Waals surface area contributed by atoms with E-state index in [-0.39, 0.29) is 11.5 Å². The molecule has 1 N–H and O–H groups in total. The third kappa shape index (κ3) is 6.04. The average molecular weight is 421 g/mol. The number of anilines is 1. The first-order chi connectivity index (χ1) is 13.7. The van der Waals surface area contributed by atoms with E-state index in [0.717, 1.165) is 11.0 Å². The number of sulfonamides is 1.